The van der Waals surface area contributed by atoms with Crippen LogP contribution in [0.3, 0.4) is 0 Å². The second-order valence-corrected chi connectivity index (χ2v) is 7.51. The summed E-state index contributed by atoms with van der Waals surface area (Å²) in [6.07, 6.45) is 3.95. The number of nitrogens with two attached hydrogens (primary N) is 1. The molecule has 1 saturated carbocycles. The number of rotatable bonds is 3. The van der Waals surface area contributed by atoms with Gasteiger partial charge in [0.05, 0.1) is 4.90 Å². The summed E-state index contributed by atoms with van der Waals surface area (Å²) in [4.78, 5) is 0.265. The van der Waals surface area contributed by atoms with Gasteiger partial charge in [0.15, 0.2) is 0 Å². The van der Waals surface area contributed by atoms with Crippen molar-refractivity contribution in [2.75, 3.05) is 5.73 Å². The first kappa shape index (κ1) is 14.3. The third-order valence-corrected chi connectivity index (χ3v) is 5.70. The number of aryl methyl sites for hydroxylation is 1. The smallest absolute Gasteiger partial charge is 0.241 e. The first-order valence-electron chi connectivity index (χ1n) is 6.64. The van der Waals surface area contributed by atoms with Crippen LogP contribution in [-0.4, -0.2) is 14.0 Å². The van der Waals surface area contributed by atoms with Gasteiger partial charge in [-0.25, -0.2) is 13.1 Å². The first-order valence-corrected chi connectivity index (χ1v) is 8.13. The summed E-state index contributed by atoms with van der Waals surface area (Å²) in [6, 6.07) is 3.23. The molecule has 1 aliphatic carbocycles. The minimum absolute atomic E-state index is 0.265. The lowest BCUT2D eigenvalue weighted by molar-refractivity contribution is 0.427. The molecule has 1 aliphatic rings. The largest absolute Gasteiger partial charge is 0.398 e. The van der Waals surface area contributed by atoms with Gasteiger partial charge in [0.25, 0.3) is 0 Å². The monoisotopic (exact) mass is 282 g/mol. The number of nitrogen functional groups attached to an aromatic ring is 1. The van der Waals surface area contributed by atoms with Crippen molar-refractivity contribution in [1.82, 2.24) is 4.72 Å². The van der Waals surface area contributed by atoms with Crippen LogP contribution in [0.25, 0.3) is 0 Å². The predicted octanol–water partition coefficient (Wildman–Crippen LogP) is 2.50. The van der Waals surface area contributed by atoms with E-state index in [0.717, 1.165) is 36.8 Å². The number of benzene rings is 1. The van der Waals surface area contributed by atoms with E-state index in [1.165, 1.54) is 0 Å². The number of nitrogens with one attached hydrogen (secondary N) is 1. The van der Waals surface area contributed by atoms with Gasteiger partial charge in [-0.05, 0) is 56.9 Å². The molecule has 0 saturated heterocycles. The van der Waals surface area contributed by atoms with Crippen molar-refractivity contribution in [2.45, 2.75) is 56.9 Å². The maximum absolute atomic E-state index is 12.4. The molecule has 2 rings (SSSR count). The quantitative estimate of drug-likeness (QED) is 0.837. The van der Waals surface area contributed by atoms with E-state index in [4.69, 9.17) is 5.73 Å². The Labute approximate surface area is 115 Å². The van der Waals surface area contributed by atoms with Crippen molar-refractivity contribution in [3.8, 4) is 0 Å². The molecule has 3 N–H and O–H groups in total. The molecule has 0 aromatic heterocycles. The number of anilines is 1. The molecule has 19 heavy (non-hydrogen) atoms. The molecular weight excluding hydrogens is 260 g/mol. The normalized spacial score (nSPS) is 18.7. The molecular formula is C14H22N2O2S. The predicted molar refractivity (Wildman–Crippen MR) is 77.5 cm³/mol. The Kier molecular flexibility index (Phi) is 3.62. The Morgan fingerprint density at radius 1 is 1.21 bits per heavy atom. The van der Waals surface area contributed by atoms with E-state index in [1.807, 2.05) is 20.8 Å². The molecule has 0 atom stereocenters. The fraction of sp³-hybridized carbons (Fsp3) is 0.571. The topological polar surface area (TPSA) is 72.2 Å². The molecule has 1 fully saturated rings. The molecule has 1 aromatic rings. The van der Waals surface area contributed by atoms with Crippen LogP contribution < -0.4 is 10.5 Å². The van der Waals surface area contributed by atoms with E-state index in [0.29, 0.717) is 5.69 Å². The highest BCUT2D eigenvalue weighted by Crippen LogP contribution is 2.31. The molecule has 0 amide bonds. The summed E-state index contributed by atoms with van der Waals surface area (Å²) in [6.45, 7) is 5.75. The molecule has 0 heterocycles. The van der Waals surface area contributed by atoms with Crippen LogP contribution in [0.2, 0.25) is 0 Å². The molecule has 106 valence electrons. The number of hydrogen-bond donors (Lipinski definition) is 2. The molecule has 5 heteroatoms. The fourth-order valence-corrected chi connectivity index (χ4v) is 4.23. The van der Waals surface area contributed by atoms with E-state index in [1.54, 1.807) is 12.1 Å². The molecule has 0 spiro atoms. The van der Waals surface area contributed by atoms with E-state index in [-0.39, 0.29) is 10.4 Å². The number of hydrogen-bond acceptors (Lipinski definition) is 3. The average molecular weight is 282 g/mol. The lowest BCUT2D eigenvalue weighted by atomic mass is 10.0. The van der Waals surface area contributed by atoms with Crippen molar-refractivity contribution in [3.05, 3.63) is 23.3 Å². The van der Waals surface area contributed by atoms with Crippen LogP contribution in [0, 0.1) is 13.8 Å². The SMILES string of the molecule is Cc1cc(S(=O)(=O)NC2(C)CCCC2)cc(N)c1C. The van der Waals surface area contributed by atoms with Crippen LogP contribution in [-0.2, 0) is 10.0 Å². The highest BCUT2D eigenvalue weighted by atomic mass is 32.2. The second kappa shape index (κ2) is 4.80. The summed E-state index contributed by atoms with van der Waals surface area (Å²) in [5.41, 5.74) is 7.91. The summed E-state index contributed by atoms with van der Waals surface area (Å²) >= 11 is 0. The van der Waals surface area contributed by atoms with Gasteiger partial charge in [0.1, 0.15) is 0 Å². The average Bonchev–Trinajstić information content (AvgIpc) is 2.70. The molecule has 4 nitrogen and oxygen atoms in total. The van der Waals surface area contributed by atoms with Gasteiger partial charge >= 0.3 is 0 Å². The van der Waals surface area contributed by atoms with E-state index < -0.39 is 10.0 Å². The fourth-order valence-electron chi connectivity index (χ4n) is 2.65. The van der Waals surface area contributed by atoms with E-state index in [2.05, 4.69) is 4.72 Å². The highest BCUT2D eigenvalue weighted by Gasteiger charge is 2.33. The molecule has 0 bridgehead atoms. The number of sulfonamides is 1. The molecule has 0 aliphatic heterocycles. The van der Waals surface area contributed by atoms with Gasteiger partial charge < -0.3 is 5.73 Å². The Morgan fingerprint density at radius 3 is 2.32 bits per heavy atom. The van der Waals surface area contributed by atoms with Crippen LogP contribution in [0.5, 0.6) is 0 Å². The van der Waals surface area contributed by atoms with Crippen LogP contribution >= 0.6 is 0 Å². The minimum Gasteiger partial charge on any atom is -0.398 e. The zero-order chi connectivity index (χ0) is 14.3. The highest BCUT2D eigenvalue weighted by molar-refractivity contribution is 7.89. The lowest BCUT2D eigenvalue weighted by Gasteiger charge is -2.25. The third-order valence-electron chi connectivity index (χ3n) is 4.08. The van der Waals surface area contributed by atoms with Crippen molar-refractivity contribution in [1.29, 1.82) is 0 Å². The first-order chi connectivity index (χ1) is 8.73. The molecule has 1 aromatic carbocycles. The van der Waals surface area contributed by atoms with Crippen molar-refractivity contribution in [2.24, 2.45) is 0 Å². The van der Waals surface area contributed by atoms with Crippen LogP contribution in [0.1, 0.15) is 43.7 Å². The van der Waals surface area contributed by atoms with E-state index in [9.17, 15) is 8.42 Å². The van der Waals surface area contributed by atoms with Crippen molar-refractivity contribution < 1.29 is 8.42 Å². The Morgan fingerprint density at radius 2 is 1.79 bits per heavy atom. The second-order valence-electron chi connectivity index (χ2n) is 5.83. The Hall–Kier alpha value is -1.07. The van der Waals surface area contributed by atoms with Crippen LogP contribution in [0.4, 0.5) is 5.69 Å². The molecule has 0 unspecified atom stereocenters. The van der Waals surface area contributed by atoms with Gasteiger partial charge in [-0.3, -0.25) is 0 Å². The summed E-state index contributed by atoms with van der Waals surface area (Å²) in [5.74, 6) is 0. The Balaban J connectivity index is 2.34. The van der Waals surface area contributed by atoms with Crippen molar-refractivity contribution >= 4 is 15.7 Å². The van der Waals surface area contributed by atoms with Gasteiger partial charge in [-0.2, -0.15) is 0 Å². The van der Waals surface area contributed by atoms with Gasteiger partial charge in [0.2, 0.25) is 10.0 Å². The minimum atomic E-state index is -3.49. The van der Waals surface area contributed by atoms with Gasteiger partial charge in [-0.15, -0.1) is 0 Å². The molecule has 0 radical (unpaired) electrons. The van der Waals surface area contributed by atoms with Gasteiger partial charge in [-0.1, -0.05) is 12.8 Å². The van der Waals surface area contributed by atoms with Crippen molar-refractivity contribution in [3.63, 3.8) is 0 Å². The maximum Gasteiger partial charge on any atom is 0.241 e. The maximum atomic E-state index is 12.4. The van der Waals surface area contributed by atoms with Crippen LogP contribution in [0.15, 0.2) is 17.0 Å². The van der Waals surface area contributed by atoms with Gasteiger partial charge in [0, 0.05) is 11.2 Å². The van der Waals surface area contributed by atoms with E-state index >= 15 is 0 Å². The lowest BCUT2D eigenvalue weighted by Crippen LogP contribution is -2.43. The Bertz CT molecular complexity index is 564. The summed E-state index contributed by atoms with van der Waals surface area (Å²) in [7, 11) is -3.49. The zero-order valence-electron chi connectivity index (χ0n) is 11.8. The zero-order valence-corrected chi connectivity index (χ0v) is 12.6. The summed E-state index contributed by atoms with van der Waals surface area (Å²) in [5, 5.41) is 0. The summed E-state index contributed by atoms with van der Waals surface area (Å²) < 4.78 is 27.7. The standard InChI is InChI=1S/C14H22N2O2S/c1-10-8-12(9-13(15)11(10)2)19(17,18)16-14(3)6-4-5-7-14/h8-9,16H,4-7,15H2,1-3H3. The third kappa shape index (κ3) is 2.92.